The smallest absolute Gasteiger partial charge is 0.243 e. The van der Waals surface area contributed by atoms with Crippen molar-refractivity contribution in [2.45, 2.75) is 44.0 Å². The van der Waals surface area contributed by atoms with Crippen LogP contribution >= 0.6 is 0 Å². The van der Waals surface area contributed by atoms with Gasteiger partial charge in [-0.3, -0.25) is 4.79 Å². The molecule has 31 heavy (non-hydrogen) atoms. The van der Waals surface area contributed by atoms with Crippen molar-refractivity contribution in [2.75, 3.05) is 13.1 Å². The van der Waals surface area contributed by atoms with E-state index in [0.717, 1.165) is 12.0 Å². The second-order valence-electron chi connectivity index (χ2n) is 8.15. The number of sulfonamides is 1. The van der Waals surface area contributed by atoms with Gasteiger partial charge in [0.25, 0.3) is 0 Å². The molecule has 1 aliphatic rings. The first-order chi connectivity index (χ1) is 14.9. The highest BCUT2D eigenvalue weighted by atomic mass is 32.2. The Morgan fingerprint density at radius 2 is 2.03 bits per heavy atom. The lowest BCUT2D eigenvalue weighted by Gasteiger charge is -2.31. The molecule has 1 aromatic heterocycles. The molecular formula is C23H28N4O3S. The zero-order chi connectivity index (χ0) is 22.0. The molecule has 0 saturated carbocycles. The highest BCUT2D eigenvalue weighted by Gasteiger charge is 2.33. The fourth-order valence-corrected chi connectivity index (χ4v) is 5.42. The summed E-state index contributed by atoms with van der Waals surface area (Å²) < 4.78 is 28.1. The van der Waals surface area contributed by atoms with Crippen LogP contribution in [0.5, 0.6) is 0 Å². The minimum Gasteiger partial charge on any atom is -0.353 e. The lowest BCUT2D eigenvalue weighted by molar-refractivity contribution is -0.126. The molecule has 0 bridgehead atoms. The summed E-state index contributed by atoms with van der Waals surface area (Å²) in [4.78, 5) is 20.6. The molecule has 2 unspecified atom stereocenters. The van der Waals surface area contributed by atoms with Gasteiger partial charge in [-0.1, -0.05) is 37.3 Å². The predicted molar refractivity (Wildman–Crippen MR) is 121 cm³/mol. The van der Waals surface area contributed by atoms with Gasteiger partial charge in [0, 0.05) is 24.7 Å². The van der Waals surface area contributed by atoms with Gasteiger partial charge in [0.2, 0.25) is 15.9 Å². The third-order valence-electron chi connectivity index (χ3n) is 5.89. The monoisotopic (exact) mass is 440 g/mol. The van der Waals surface area contributed by atoms with Crippen LogP contribution in [-0.2, 0) is 14.8 Å². The topological polar surface area (TPSA) is 95.2 Å². The number of carbonyl (C=O) groups is 1. The van der Waals surface area contributed by atoms with E-state index in [1.807, 2.05) is 44.2 Å². The highest BCUT2D eigenvalue weighted by Crippen LogP contribution is 2.27. The molecule has 1 saturated heterocycles. The summed E-state index contributed by atoms with van der Waals surface area (Å²) in [7, 11) is -3.70. The normalized spacial score (nSPS) is 18.7. The van der Waals surface area contributed by atoms with E-state index in [-0.39, 0.29) is 29.3 Å². The Balaban J connectivity index is 1.57. The van der Waals surface area contributed by atoms with Crippen LogP contribution in [0.15, 0.2) is 53.4 Å². The zero-order valence-electron chi connectivity index (χ0n) is 17.8. The number of carbonyl (C=O) groups excluding carboxylic acids is 1. The number of hydrogen-bond donors (Lipinski definition) is 2. The van der Waals surface area contributed by atoms with Crippen LogP contribution in [0, 0.1) is 5.92 Å². The Morgan fingerprint density at radius 1 is 1.26 bits per heavy atom. The number of amides is 1. The number of piperidine rings is 1. The van der Waals surface area contributed by atoms with Crippen molar-refractivity contribution in [2.24, 2.45) is 5.92 Å². The van der Waals surface area contributed by atoms with Crippen molar-refractivity contribution < 1.29 is 13.2 Å². The number of benzene rings is 2. The minimum atomic E-state index is -3.70. The summed E-state index contributed by atoms with van der Waals surface area (Å²) in [5.41, 5.74) is 2.32. The van der Waals surface area contributed by atoms with Crippen LogP contribution in [0.1, 0.15) is 33.1 Å². The number of nitrogens with zero attached hydrogens (tertiary/aromatic N) is 2. The Kier molecular flexibility index (Phi) is 6.11. The molecule has 3 aromatic rings. The Morgan fingerprint density at radius 3 is 2.77 bits per heavy atom. The van der Waals surface area contributed by atoms with Crippen molar-refractivity contribution in [3.63, 3.8) is 0 Å². The van der Waals surface area contributed by atoms with Crippen LogP contribution < -0.4 is 5.32 Å². The van der Waals surface area contributed by atoms with Gasteiger partial charge < -0.3 is 10.3 Å². The van der Waals surface area contributed by atoms with Gasteiger partial charge >= 0.3 is 0 Å². The number of aromatic nitrogens is 2. The van der Waals surface area contributed by atoms with Crippen molar-refractivity contribution in [3.8, 4) is 11.4 Å². The van der Waals surface area contributed by atoms with Gasteiger partial charge in [-0.05, 0) is 44.4 Å². The van der Waals surface area contributed by atoms with Crippen LogP contribution in [0.3, 0.4) is 0 Å². The average molecular weight is 441 g/mol. The number of aromatic amines is 1. The Labute approximate surface area is 182 Å². The molecular weight excluding hydrogens is 412 g/mol. The molecule has 0 spiro atoms. The van der Waals surface area contributed by atoms with Crippen LogP contribution in [0.25, 0.3) is 22.4 Å². The number of rotatable bonds is 6. The molecule has 1 amide bonds. The van der Waals surface area contributed by atoms with E-state index in [4.69, 9.17) is 0 Å². The molecule has 7 nitrogen and oxygen atoms in total. The second kappa shape index (κ2) is 8.80. The lowest BCUT2D eigenvalue weighted by atomic mass is 9.98. The molecule has 2 atom stereocenters. The van der Waals surface area contributed by atoms with E-state index in [0.29, 0.717) is 36.2 Å². The fourth-order valence-electron chi connectivity index (χ4n) is 3.87. The second-order valence-corrected chi connectivity index (χ2v) is 10.1. The number of hydrogen-bond acceptors (Lipinski definition) is 4. The molecule has 2 aromatic carbocycles. The van der Waals surface area contributed by atoms with Crippen molar-refractivity contribution in [1.29, 1.82) is 0 Å². The van der Waals surface area contributed by atoms with Gasteiger partial charge in [-0.25, -0.2) is 13.4 Å². The summed E-state index contributed by atoms with van der Waals surface area (Å²) in [5.74, 6) is 0.314. The highest BCUT2D eigenvalue weighted by molar-refractivity contribution is 7.89. The standard InChI is InChI=1S/C23H28N4O3S/c1-3-16(2)24-23(28)18-10-7-13-27(15-18)31(29,30)19-11-12-20-21(14-19)26-22(25-20)17-8-5-4-6-9-17/h4-6,8-9,11-12,14,16,18H,3,7,10,13,15H2,1-2H3,(H,24,28)(H,25,26). The summed E-state index contributed by atoms with van der Waals surface area (Å²) in [6, 6.07) is 14.7. The largest absolute Gasteiger partial charge is 0.353 e. The summed E-state index contributed by atoms with van der Waals surface area (Å²) in [6.45, 7) is 4.60. The molecule has 0 radical (unpaired) electrons. The van der Waals surface area contributed by atoms with Crippen molar-refractivity contribution in [1.82, 2.24) is 19.6 Å². The van der Waals surface area contributed by atoms with Gasteiger partial charge in [-0.15, -0.1) is 0 Å². The molecule has 164 valence electrons. The maximum atomic E-state index is 13.3. The average Bonchev–Trinajstić information content (AvgIpc) is 3.23. The quantitative estimate of drug-likeness (QED) is 0.613. The number of fused-ring (bicyclic) bond motifs is 1. The first kappa shape index (κ1) is 21.5. The molecule has 0 aliphatic carbocycles. The Hall–Kier alpha value is -2.71. The van der Waals surface area contributed by atoms with Crippen LogP contribution in [-0.4, -0.2) is 47.7 Å². The van der Waals surface area contributed by atoms with Gasteiger partial charge in [-0.2, -0.15) is 4.31 Å². The number of H-pyrrole nitrogens is 1. The van der Waals surface area contributed by atoms with Gasteiger partial charge in [0.05, 0.1) is 21.8 Å². The number of imidazole rings is 1. The minimum absolute atomic E-state index is 0.0641. The van der Waals surface area contributed by atoms with Crippen LogP contribution in [0.4, 0.5) is 0 Å². The first-order valence-electron chi connectivity index (χ1n) is 10.7. The molecule has 1 aliphatic heterocycles. The maximum absolute atomic E-state index is 13.3. The van der Waals surface area contributed by atoms with Crippen LogP contribution in [0.2, 0.25) is 0 Å². The predicted octanol–water partition coefficient (Wildman–Crippen LogP) is 3.55. The molecule has 2 heterocycles. The zero-order valence-corrected chi connectivity index (χ0v) is 18.7. The van der Waals surface area contributed by atoms with E-state index in [1.54, 1.807) is 18.2 Å². The molecule has 1 fully saturated rings. The van der Waals surface area contributed by atoms with Crippen molar-refractivity contribution >= 4 is 27.0 Å². The van der Waals surface area contributed by atoms with Crippen molar-refractivity contribution in [3.05, 3.63) is 48.5 Å². The number of nitrogens with one attached hydrogen (secondary N) is 2. The third-order valence-corrected chi connectivity index (χ3v) is 7.76. The SMILES string of the molecule is CCC(C)NC(=O)C1CCCN(S(=O)(=O)c2ccc3nc(-c4ccccc4)[nH]c3c2)C1. The third kappa shape index (κ3) is 4.50. The van der Waals surface area contributed by atoms with E-state index < -0.39 is 10.0 Å². The summed E-state index contributed by atoms with van der Waals surface area (Å²) in [5, 5.41) is 2.98. The molecule has 4 rings (SSSR count). The summed E-state index contributed by atoms with van der Waals surface area (Å²) in [6.07, 6.45) is 2.21. The fraction of sp³-hybridized carbons (Fsp3) is 0.391. The van der Waals surface area contributed by atoms with E-state index in [9.17, 15) is 13.2 Å². The van der Waals surface area contributed by atoms with E-state index >= 15 is 0 Å². The van der Waals surface area contributed by atoms with E-state index in [2.05, 4.69) is 15.3 Å². The molecule has 2 N–H and O–H groups in total. The first-order valence-corrected chi connectivity index (χ1v) is 12.2. The maximum Gasteiger partial charge on any atom is 0.243 e. The van der Waals surface area contributed by atoms with Gasteiger partial charge in [0.15, 0.2) is 0 Å². The summed E-state index contributed by atoms with van der Waals surface area (Å²) >= 11 is 0. The van der Waals surface area contributed by atoms with Gasteiger partial charge in [0.1, 0.15) is 5.82 Å². The van der Waals surface area contributed by atoms with E-state index in [1.165, 1.54) is 4.31 Å². The Bertz CT molecular complexity index is 1170. The lowest BCUT2D eigenvalue weighted by Crippen LogP contribution is -2.46. The molecule has 8 heteroatoms.